The molecular weight excluding hydrogens is 355 g/mol. The summed E-state index contributed by atoms with van der Waals surface area (Å²) in [5.41, 5.74) is -1.00. The normalized spacial score (nSPS) is 22.6. The standard InChI is InChI=1S/C13H13BrF3NO3/c1-21-8-5-11(12(19)20)18(6-8)10-4-7(14)2-3-9(10)13(15,16)17/h2-4,8,11H,5-6H2,1H3,(H,19,20). The maximum atomic E-state index is 13.1. The number of rotatable bonds is 3. The summed E-state index contributed by atoms with van der Waals surface area (Å²) < 4.78 is 44.9. The average molecular weight is 368 g/mol. The van der Waals surface area contributed by atoms with E-state index in [9.17, 15) is 23.1 Å². The first kappa shape index (κ1) is 16.1. The van der Waals surface area contributed by atoms with E-state index >= 15 is 0 Å². The molecule has 21 heavy (non-hydrogen) atoms. The minimum Gasteiger partial charge on any atom is -0.480 e. The molecule has 0 aromatic heterocycles. The van der Waals surface area contributed by atoms with E-state index in [0.717, 1.165) is 6.07 Å². The molecule has 1 aliphatic rings. The summed E-state index contributed by atoms with van der Waals surface area (Å²) in [6.07, 6.45) is -4.81. The van der Waals surface area contributed by atoms with Gasteiger partial charge in [0.25, 0.3) is 0 Å². The van der Waals surface area contributed by atoms with Gasteiger partial charge in [0.1, 0.15) is 6.04 Å². The molecule has 1 heterocycles. The van der Waals surface area contributed by atoms with Crippen molar-refractivity contribution in [2.75, 3.05) is 18.6 Å². The van der Waals surface area contributed by atoms with Gasteiger partial charge in [-0.2, -0.15) is 13.2 Å². The molecule has 2 unspecified atom stereocenters. The van der Waals surface area contributed by atoms with Gasteiger partial charge in [0.15, 0.2) is 0 Å². The highest BCUT2D eigenvalue weighted by Crippen LogP contribution is 2.40. The molecule has 0 aliphatic carbocycles. The summed E-state index contributed by atoms with van der Waals surface area (Å²) in [6, 6.07) is 2.48. The molecule has 1 fully saturated rings. The monoisotopic (exact) mass is 367 g/mol. The van der Waals surface area contributed by atoms with Crippen LogP contribution >= 0.6 is 15.9 Å². The van der Waals surface area contributed by atoms with Crippen molar-refractivity contribution < 1.29 is 27.8 Å². The molecular formula is C13H13BrF3NO3. The van der Waals surface area contributed by atoms with E-state index in [1.165, 1.54) is 24.1 Å². The lowest BCUT2D eigenvalue weighted by Crippen LogP contribution is -2.37. The molecule has 2 rings (SSSR count). The third-order valence-corrected chi connectivity index (χ3v) is 3.95. The second kappa shape index (κ2) is 5.84. The minimum atomic E-state index is -4.55. The minimum absolute atomic E-state index is 0.104. The summed E-state index contributed by atoms with van der Waals surface area (Å²) in [7, 11) is 1.42. The van der Waals surface area contributed by atoms with E-state index in [-0.39, 0.29) is 18.7 Å². The fraction of sp³-hybridized carbons (Fsp3) is 0.462. The van der Waals surface area contributed by atoms with Crippen LogP contribution in [0.5, 0.6) is 0 Å². The molecule has 2 atom stereocenters. The van der Waals surface area contributed by atoms with Crippen LogP contribution < -0.4 is 4.90 Å². The molecule has 1 aromatic carbocycles. The molecule has 1 saturated heterocycles. The van der Waals surface area contributed by atoms with Gasteiger partial charge in [-0.25, -0.2) is 4.79 Å². The first-order chi connectivity index (χ1) is 9.74. The third-order valence-electron chi connectivity index (χ3n) is 3.46. The summed E-state index contributed by atoms with van der Waals surface area (Å²) in [5.74, 6) is -1.16. The molecule has 1 aliphatic heterocycles. The lowest BCUT2D eigenvalue weighted by Gasteiger charge is -2.27. The van der Waals surface area contributed by atoms with E-state index in [4.69, 9.17) is 4.74 Å². The highest BCUT2D eigenvalue weighted by Gasteiger charge is 2.42. The van der Waals surface area contributed by atoms with Crippen molar-refractivity contribution in [1.29, 1.82) is 0 Å². The number of carbonyl (C=O) groups is 1. The third kappa shape index (κ3) is 3.32. The van der Waals surface area contributed by atoms with Crippen LogP contribution in [-0.2, 0) is 15.7 Å². The number of methoxy groups -OCH3 is 1. The van der Waals surface area contributed by atoms with E-state index in [1.807, 2.05) is 0 Å². The Labute approximate surface area is 127 Å². The molecule has 0 amide bonds. The quantitative estimate of drug-likeness (QED) is 0.891. The van der Waals surface area contributed by atoms with Crippen LogP contribution in [0.1, 0.15) is 12.0 Å². The molecule has 4 nitrogen and oxygen atoms in total. The molecule has 0 spiro atoms. The highest BCUT2D eigenvalue weighted by molar-refractivity contribution is 9.10. The van der Waals surface area contributed by atoms with Crippen molar-refractivity contribution in [3.8, 4) is 0 Å². The number of carboxylic acid groups (broad SMARTS) is 1. The number of carboxylic acids is 1. The number of ether oxygens (including phenoxy) is 1. The van der Waals surface area contributed by atoms with E-state index < -0.39 is 29.9 Å². The second-order valence-electron chi connectivity index (χ2n) is 4.76. The average Bonchev–Trinajstić information content (AvgIpc) is 2.81. The fourth-order valence-corrected chi connectivity index (χ4v) is 2.80. The number of halogens is 4. The van der Waals surface area contributed by atoms with Gasteiger partial charge in [0.05, 0.1) is 17.4 Å². The van der Waals surface area contributed by atoms with Crippen molar-refractivity contribution in [2.24, 2.45) is 0 Å². The van der Waals surface area contributed by atoms with Gasteiger partial charge in [0, 0.05) is 24.5 Å². The number of hydrogen-bond donors (Lipinski definition) is 1. The zero-order chi connectivity index (χ0) is 15.8. The van der Waals surface area contributed by atoms with Crippen LogP contribution in [0.3, 0.4) is 0 Å². The van der Waals surface area contributed by atoms with E-state index in [2.05, 4.69) is 15.9 Å². The van der Waals surface area contributed by atoms with Crippen molar-refractivity contribution in [3.63, 3.8) is 0 Å². The Morgan fingerprint density at radius 1 is 1.48 bits per heavy atom. The highest BCUT2D eigenvalue weighted by atomic mass is 79.9. The van der Waals surface area contributed by atoms with Crippen molar-refractivity contribution >= 4 is 27.6 Å². The van der Waals surface area contributed by atoms with Gasteiger partial charge in [-0.3, -0.25) is 0 Å². The number of alkyl halides is 3. The van der Waals surface area contributed by atoms with Crippen LogP contribution in [0, 0.1) is 0 Å². The van der Waals surface area contributed by atoms with Crippen LogP contribution in [0.25, 0.3) is 0 Å². The number of hydrogen-bond acceptors (Lipinski definition) is 3. The maximum Gasteiger partial charge on any atom is 0.418 e. The van der Waals surface area contributed by atoms with Gasteiger partial charge >= 0.3 is 12.1 Å². The van der Waals surface area contributed by atoms with Crippen LogP contribution in [-0.4, -0.2) is 36.9 Å². The lowest BCUT2D eigenvalue weighted by molar-refractivity contribution is -0.140. The van der Waals surface area contributed by atoms with Gasteiger partial charge in [-0.15, -0.1) is 0 Å². The summed E-state index contributed by atoms with van der Waals surface area (Å²) in [5, 5.41) is 9.23. The topological polar surface area (TPSA) is 49.8 Å². The number of nitrogens with zero attached hydrogens (tertiary/aromatic N) is 1. The van der Waals surface area contributed by atoms with Gasteiger partial charge in [-0.05, 0) is 18.2 Å². The van der Waals surface area contributed by atoms with Crippen molar-refractivity contribution in [3.05, 3.63) is 28.2 Å². The first-order valence-electron chi connectivity index (χ1n) is 6.13. The molecule has 0 saturated carbocycles. The smallest absolute Gasteiger partial charge is 0.418 e. The van der Waals surface area contributed by atoms with Crippen molar-refractivity contribution in [2.45, 2.75) is 24.7 Å². The predicted octanol–water partition coefficient (Wildman–Crippen LogP) is 3.15. The Morgan fingerprint density at radius 2 is 2.14 bits per heavy atom. The zero-order valence-electron chi connectivity index (χ0n) is 11.0. The van der Waals surface area contributed by atoms with E-state index in [0.29, 0.717) is 4.47 Å². The predicted molar refractivity (Wildman–Crippen MR) is 73.3 cm³/mol. The Kier molecular flexibility index (Phi) is 4.48. The Bertz CT molecular complexity index is 550. The number of benzene rings is 1. The van der Waals surface area contributed by atoms with Gasteiger partial charge in [0.2, 0.25) is 0 Å². The SMILES string of the molecule is COC1CC(C(=O)O)N(c2cc(Br)ccc2C(F)(F)F)C1. The maximum absolute atomic E-state index is 13.1. The second-order valence-corrected chi connectivity index (χ2v) is 5.67. The molecule has 1 N–H and O–H groups in total. The summed E-state index contributed by atoms with van der Waals surface area (Å²) in [4.78, 5) is 12.5. The zero-order valence-corrected chi connectivity index (χ0v) is 12.6. The molecule has 116 valence electrons. The number of aliphatic carboxylic acids is 1. The number of anilines is 1. The largest absolute Gasteiger partial charge is 0.480 e. The fourth-order valence-electron chi connectivity index (χ4n) is 2.45. The molecule has 8 heteroatoms. The Balaban J connectivity index is 2.48. The lowest BCUT2D eigenvalue weighted by atomic mass is 10.1. The first-order valence-corrected chi connectivity index (χ1v) is 6.92. The van der Waals surface area contributed by atoms with Crippen LogP contribution in [0.2, 0.25) is 0 Å². The molecule has 1 aromatic rings. The van der Waals surface area contributed by atoms with Crippen LogP contribution in [0.15, 0.2) is 22.7 Å². The van der Waals surface area contributed by atoms with Crippen molar-refractivity contribution in [1.82, 2.24) is 0 Å². The Hall–Kier alpha value is -1.28. The van der Waals surface area contributed by atoms with E-state index in [1.54, 1.807) is 0 Å². The van der Waals surface area contributed by atoms with Crippen LogP contribution in [0.4, 0.5) is 18.9 Å². The Morgan fingerprint density at radius 3 is 2.67 bits per heavy atom. The van der Waals surface area contributed by atoms with Gasteiger partial charge < -0.3 is 14.7 Å². The molecule has 0 radical (unpaired) electrons. The van der Waals surface area contributed by atoms with Gasteiger partial charge in [-0.1, -0.05) is 15.9 Å². The summed E-state index contributed by atoms with van der Waals surface area (Å²) in [6.45, 7) is 0.104. The molecule has 0 bridgehead atoms. The summed E-state index contributed by atoms with van der Waals surface area (Å²) >= 11 is 3.13.